The molecule has 4 heterocycles. The Balaban J connectivity index is 1.09. The molecule has 0 radical (unpaired) electrons. The number of rotatable bonds is 15. The minimum absolute atomic E-state index is 0.0241. The van der Waals surface area contributed by atoms with E-state index in [0.717, 1.165) is 38.1 Å². The van der Waals surface area contributed by atoms with Gasteiger partial charge in [0.15, 0.2) is 0 Å². The van der Waals surface area contributed by atoms with Crippen molar-refractivity contribution < 1.29 is 9.47 Å². The molecule has 0 aromatic rings. The molecule has 4 rings (SSSR count). The third kappa shape index (κ3) is 11.7. The second kappa shape index (κ2) is 16.7. The number of hydrogen-bond acceptors (Lipinski definition) is 8. The predicted molar refractivity (Wildman–Crippen MR) is 185 cm³/mol. The molecule has 0 spiro atoms. The van der Waals surface area contributed by atoms with Crippen LogP contribution in [0.3, 0.4) is 0 Å². The van der Waals surface area contributed by atoms with Crippen LogP contribution >= 0.6 is 0 Å². The van der Waals surface area contributed by atoms with E-state index in [1.807, 2.05) is 7.11 Å². The summed E-state index contributed by atoms with van der Waals surface area (Å²) in [5, 5.41) is 0. The highest BCUT2D eigenvalue weighted by Crippen LogP contribution is 2.30. The largest absolute Gasteiger partial charge is 0.383 e. The summed E-state index contributed by atoms with van der Waals surface area (Å²) < 4.78 is 11.2. The summed E-state index contributed by atoms with van der Waals surface area (Å²) in [5.74, 6) is 1.70. The van der Waals surface area contributed by atoms with Crippen molar-refractivity contribution in [1.82, 2.24) is 29.4 Å². The molecule has 1 atom stereocenters. The molecule has 4 aliphatic heterocycles. The Kier molecular flexibility index (Phi) is 13.8. The number of ether oxygens (including phenoxy) is 2. The molecule has 258 valence electrons. The highest BCUT2D eigenvalue weighted by molar-refractivity contribution is 4.93. The van der Waals surface area contributed by atoms with Crippen molar-refractivity contribution in [2.75, 3.05) is 125 Å². The van der Waals surface area contributed by atoms with Crippen molar-refractivity contribution >= 4 is 0 Å². The molecule has 0 bridgehead atoms. The van der Waals surface area contributed by atoms with Crippen LogP contribution in [0.25, 0.3) is 0 Å². The first kappa shape index (κ1) is 36.5. The lowest BCUT2D eigenvalue weighted by Crippen LogP contribution is -2.57. The molecule has 0 unspecified atom stereocenters. The number of piperazine rings is 2. The standard InChI is InChI=1S/C36H72N6O2/c1-34(2,3)44-28-26-37-14-9-32(10-15-37)29-39-17-21-41(22-18-39)35(4,5)12-13-36(6,7)42-23-19-40(20-24-42)31-33-11-16-38(30-33)25-27-43-8/h32-33H,9-31H2,1-8H3/t33-/m0/s1. The first-order valence-electron chi connectivity index (χ1n) is 18.4. The highest BCUT2D eigenvalue weighted by atomic mass is 16.5. The molecular formula is C36H72N6O2. The van der Waals surface area contributed by atoms with E-state index in [1.54, 1.807) is 0 Å². The van der Waals surface area contributed by atoms with Crippen LogP contribution in [0.2, 0.25) is 0 Å². The smallest absolute Gasteiger partial charge is 0.0600 e. The van der Waals surface area contributed by atoms with Gasteiger partial charge in [0.1, 0.15) is 0 Å². The van der Waals surface area contributed by atoms with E-state index in [0.29, 0.717) is 0 Å². The number of likely N-dealkylation sites (tertiary alicyclic amines) is 2. The molecule has 0 amide bonds. The summed E-state index contributed by atoms with van der Waals surface area (Å²) >= 11 is 0. The number of methoxy groups -OCH3 is 1. The maximum Gasteiger partial charge on any atom is 0.0600 e. The van der Waals surface area contributed by atoms with Gasteiger partial charge in [-0.15, -0.1) is 0 Å². The van der Waals surface area contributed by atoms with E-state index < -0.39 is 0 Å². The maximum absolute atomic E-state index is 5.96. The average Bonchev–Trinajstić information content (AvgIpc) is 3.43. The molecular weight excluding hydrogens is 548 g/mol. The molecule has 0 saturated carbocycles. The van der Waals surface area contributed by atoms with Crippen LogP contribution in [0, 0.1) is 11.8 Å². The minimum Gasteiger partial charge on any atom is -0.383 e. The van der Waals surface area contributed by atoms with Gasteiger partial charge < -0.3 is 29.1 Å². The Hall–Kier alpha value is -0.320. The van der Waals surface area contributed by atoms with Gasteiger partial charge in [-0.05, 0) is 112 Å². The molecule has 4 aliphatic rings. The fourth-order valence-electron chi connectivity index (χ4n) is 8.09. The van der Waals surface area contributed by atoms with Gasteiger partial charge in [0.2, 0.25) is 0 Å². The second-order valence-electron chi connectivity index (χ2n) is 16.9. The second-order valence-corrected chi connectivity index (χ2v) is 16.9. The lowest BCUT2D eigenvalue weighted by Gasteiger charge is -2.48. The van der Waals surface area contributed by atoms with Crippen LogP contribution in [-0.2, 0) is 9.47 Å². The monoisotopic (exact) mass is 621 g/mol. The summed E-state index contributed by atoms with van der Waals surface area (Å²) in [4.78, 5) is 16.3. The normalized spacial score (nSPS) is 25.8. The third-order valence-corrected chi connectivity index (χ3v) is 11.5. The molecule has 0 N–H and O–H groups in total. The van der Waals surface area contributed by atoms with Gasteiger partial charge in [0.25, 0.3) is 0 Å². The number of nitrogens with zero attached hydrogens (tertiary/aromatic N) is 6. The summed E-state index contributed by atoms with van der Waals surface area (Å²) in [6.45, 7) is 37.8. The number of hydrogen-bond donors (Lipinski definition) is 0. The molecule has 4 fully saturated rings. The molecule has 8 nitrogen and oxygen atoms in total. The summed E-state index contributed by atoms with van der Waals surface area (Å²) in [5.41, 5.74) is 0.510. The zero-order valence-electron chi connectivity index (χ0n) is 30.4. The Bertz CT molecular complexity index is 808. The molecule has 0 aromatic carbocycles. The molecule has 0 aromatic heterocycles. The van der Waals surface area contributed by atoms with Crippen LogP contribution in [0.15, 0.2) is 0 Å². The fraction of sp³-hybridized carbons (Fsp3) is 1.00. The number of piperidine rings is 1. The maximum atomic E-state index is 5.96. The Labute approximate surface area is 272 Å². The first-order chi connectivity index (χ1) is 20.8. The van der Waals surface area contributed by atoms with E-state index in [4.69, 9.17) is 9.47 Å². The van der Waals surface area contributed by atoms with Gasteiger partial charge in [-0.25, -0.2) is 0 Å². The third-order valence-electron chi connectivity index (χ3n) is 11.5. The van der Waals surface area contributed by atoms with Crippen LogP contribution in [0.1, 0.15) is 80.6 Å². The zero-order chi connectivity index (χ0) is 31.8. The van der Waals surface area contributed by atoms with Crippen molar-refractivity contribution in [3.05, 3.63) is 0 Å². The zero-order valence-corrected chi connectivity index (χ0v) is 30.4. The van der Waals surface area contributed by atoms with E-state index in [9.17, 15) is 0 Å². The van der Waals surface area contributed by atoms with Gasteiger partial charge >= 0.3 is 0 Å². The van der Waals surface area contributed by atoms with Crippen LogP contribution < -0.4 is 0 Å². The van der Waals surface area contributed by atoms with E-state index in [-0.39, 0.29) is 16.7 Å². The SMILES string of the molecule is COCCN1CC[C@H](CN2CCN(C(C)(C)CCC(C)(C)N3CCN(CC4CCN(CCOC(C)(C)C)CC4)CC3)CC2)C1. The lowest BCUT2D eigenvalue weighted by atomic mass is 9.86. The first-order valence-corrected chi connectivity index (χ1v) is 18.4. The van der Waals surface area contributed by atoms with E-state index in [2.05, 4.69) is 77.9 Å². The van der Waals surface area contributed by atoms with Crippen molar-refractivity contribution in [2.45, 2.75) is 97.2 Å². The van der Waals surface area contributed by atoms with Crippen molar-refractivity contribution in [2.24, 2.45) is 11.8 Å². The van der Waals surface area contributed by atoms with Gasteiger partial charge in [-0.3, -0.25) is 9.80 Å². The summed E-state index contributed by atoms with van der Waals surface area (Å²) in [6.07, 6.45) is 6.59. The van der Waals surface area contributed by atoms with E-state index >= 15 is 0 Å². The van der Waals surface area contributed by atoms with Gasteiger partial charge in [0, 0.05) is 103 Å². The molecule has 0 aliphatic carbocycles. The predicted octanol–water partition coefficient (Wildman–Crippen LogP) is 4.05. The van der Waals surface area contributed by atoms with Crippen molar-refractivity contribution in [3.8, 4) is 0 Å². The van der Waals surface area contributed by atoms with Crippen LogP contribution in [0.5, 0.6) is 0 Å². The Morgan fingerprint density at radius 1 is 0.523 bits per heavy atom. The molecule has 4 saturated heterocycles. The van der Waals surface area contributed by atoms with Crippen molar-refractivity contribution in [1.29, 1.82) is 0 Å². The van der Waals surface area contributed by atoms with Gasteiger partial charge in [-0.2, -0.15) is 0 Å². The summed E-state index contributed by atoms with van der Waals surface area (Å²) in [6, 6.07) is 0. The Morgan fingerprint density at radius 3 is 1.48 bits per heavy atom. The molecule has 8 heteroatoms. The summed E-state index contributed by atoms with van der Waals surface area (Å²) in [7, 11) is 1.81. The van der Waals surface area contributed by atoms with E-state index in [1.165, 1.54) is 124 Å². The average molecular weight is 621 g/mol. The Morgan fingerprint density at radius 2 is 0.977 bits per heavy atom. The van der Waals surface area contributed by atoms with Crippen LogP contribution in [0.4, 0.5) is 0 Å². The van der Waals surface area contributed by atoms with Gasteiger partial charge in [-0.1, -0.05) is 0 Å². The van der Waals surface area contributed by atoms with Gasteiger partial charge in [0.05, 0.1) is 18.8 Å². The van der Waals surface area contributed by atoms with Crippen LogP contribution in [-0.4, -0.2) is 171 Å². The highest BCUT2D eigenvalue weighted by Gasteiger charge is 2.36. The molecule has 44 heavy (non-hydrogen) atoms. The topological polar surface area (TPSA) is 37.9 Å². The fourth-order valence-corrected chi connectivity index (χ4v) is 8.09. The quantitative estimate of drug-likeness (QED) is 0.272. The lowest BCUT2D eigenvalue weighted by molar-refractivity contribution is -0.0177. The minimum atomic E-state index is -0.0241. The van der Waals surface area contributed by atoms with Crippen molar-refractivity contribution in [3.63, 3.8) is 0 Å².